The number of halogens is 1. The third-order valence-electron chi connectivity index (χ3n) is 8.40. The maximum Gasteiger partial charge on any atom is 0.410 e. The Morgan fingerprint density at radius 2 is 1.52 bits per heavy atom. The summed E-state index contributed by atoms with van der Waals surface area (Å²) in [5.41, 5.74) is 4.52. The summed E-state index contributed by atoms with van der Waals surface area (Å²) < 4.78 is 9.03. The van der Waals surface area contributed by atoms with Crippen molar-refractivity contribution in [2.75, 3.05) is 23.7 Å². The third-order valence-corrected chi connectivity index (χ3v) is 8.81. The SMILES string of the molecule is Cn1c(C(=O)Nc2cccc(-c3cccc(NC(=O)c4nc5c(n4C)CCNC5)c3C#N)c2Cl)nc2c1CCN(C(=O)OC(C)(C)C)C2. The highest BCUT2D eigenvalue weighted by Gasteiger charge is 2.31. The number of nitrogens with zero attached hydrogens (tertiary/aromatic N) is 6. The molecule has 3 amide bonds. The zero-order valence-electron chi connectivity index (χ0n) is 27.4. The maximum atomic E-state index is 13.5. The molecule has 3 N–H and O–H groups in total. The maximum absolute atomic E-state index is 13.5. The number of amides is 3. The third kappa shape index (κ3) is 6.24. The van der Waals surface area contributed by atoms with E-state index < -0.39 is 23.5 Å². The van der Waals surface area contributed by atoms with Crippen LogP contribution in [0.25, 0.3) is 11.1 Å². The number of nitriles is 1. The van der Waals surface area contributed by atoms with Crippen LogP contribution in [-0.4, -0.2) is 60.6 Å². The number of benzene rings is 2. The van der Waals surface area contributed by atoms with Crippen LogP contribution in [0.15, 0.2) is 36.4 Å². The summed E-state index contributed by atoms with van der Waals surface area (Å²) >= 11 is 6.87. The summed E-state index contributed by atoms with van der Waals surface area (Å²) in [4.78, 5) is 50.2. The summed E-state index contributed by atoms with van der Waals surface area (Å²) in [6.45, 7) is 7.51. The minimum absolute atomic E-state index is 0.168. The molecule has 0 radical (unpaired) electrons. The van der Waals surface area contributed by atoms with Crippen molar-refractivity contribution in [1.82, 2.24) is 29.3 Å². The monoisotopic (exact) mass is 669 g/mol. The second-order valence-electron chi connectivity index (χ2n) is 12.8. The standard InChI is InChI=1S/C34H36ClN9O4/c1-34(2,3)48-33(47)44-15-13-27-25(18-44)39-30(43(27)5)32(46)41-23-11-7-9-20(28(23)35)19-8-6-10-22(21(19)16-36)40-31(45)29-38-24-17-37-14-12-26(24)42(29)4/h6-11,37H,12-15,17-18H2,1-5H3,(H,40,45)(H,41,46). The van der Waals surface area contributed by atoms with Gasteiger partial charge in [0, 0.05) is 69.1 Å². The van der Waals surface area contributed by atoms with Gasteiger partial charge in [-0.1, -0.05) is 35.9 Å². The fourth-order valence-corrected chi connectivity index (χ4v) is 6.34. The normalized spacial score (nSPS) is 14.1. The molecule has 4 heterocycles. The predicted octanol–water partition coefficient (Wildman–Crippen LogP) is 4.79. The predicted molar refractivity (Wildman–Crippen MR) is 180 cm³/mol. The first-order valence-electron chi connectivity index (χ1n) is 15.6. The Labute approximate surface area is 282 Å². The van der Waals surface area contributed by atoms with Crippen LogP contribution >= 0.6 is 11.6 Å². The van der Waals surface area contributed by atoms with Crippen LogP contribution in [-0.2, 0) is 44.8 Å². The van der Waals surface area contributed by atoms with Crippen LogP contribution in [0.4, 0.5) is 16.2 Å². The first kappa shape index (κ1) is 32.7. The molecule has 2 aliphatic heterocycles. The van der Waals surface area contributed by atoms with Crippen LogP contribution in [0.3, 0.4) is 0 Å². The lowest BCUT2D eigenvalue weighted by molar-refractivity contribution is 0.0220. The lowest BCUT2D eigenvalue weighted by atomic mass is 9.98. The molecule has 0 atom stereocenters. The number of nitrogens with one attached hydrogen (secondary N) is 3. The molecule has 0 aliphatic carbocycles. The van der Waals surface area contributed by atoms with Gasteiger partial charge in [0.25, 0.3) is 11.8 Å². The van der Waals surface area contributed by atoms with E-state index >= 15 is 0 Å². The minimum atomic E-state index is -0.624. The molecule has 4 aromatic rings. The molecule has 0 saturated carbocycles. The minimum Gasteiger partial charge on any atom is -0.444 e. The van der Waals surface area contributed by atoms with E-state index in [2.05, 4.69) is 32.0 Å². The Morgan fingerprint density at radius 1 is 0.917 bits per heavy atom. The number of fused-ring (bicyclic) bond motifs is 2. The van der Waals surface area contributed by atoms with E-state index in [-0.39, 0.29) is 28.8 Å². The molecule has 0 unspecified atom stereocenters. The summed E-state index contributed by atoms with van der Waals surface area (Å²) in [5, 5.41) is 19.4. The number of anilines is 2. The van der Waals surface area contributed by atoms with Gasteiger partial charge in [-0.25, -0.2) is 14.8 Å². The van der Waals surface area contributed by atoms with Crippen LogP contribution < -0.4 is 16.0 Å². The van der Waals surface area contributed by atoms with Crippen molar-refractivity contribution in [1.29, 1.82) is 5.26 Å². The molecule has 14 heteroatoms. The topological polar surface area (TPSA) is 159 Å². The first-order valence-corrected chi connectivity index (χ1v) is 16.0. The highest BCUT2D eigenvalue weighted by atomic mass is 35.5. The number of carbonyl (C=O) groups is 3. The first-order chi connectivity index (χ1) is 22.9. The molecule has 48 heavy (non-hydrogen) atoms. The van der Waals surface area contributed by atoms with E-state index in [1.54, 1.807) is 57.5 Å². The van der Waals surface area contributed by atoms with Crippen LogP contribution in [0.5, 0.6) is 0 Å². The Kier molecular flexibility index (Phi) is 8.72. The molecule has 6 rings (SSSR count). The lowest BCUT2D eigenvalue weighted by Crippen LogP contribution is -2.40. The zero-order valence-corrected chi connectivity index (χ0v) is 28.2. The average molecular weight is 670 g/mol. The number of hydrogen-bond donors (Lipinski definition) is 3. The molecule has 2 aromatic heterocycles. The number of imidazole rings is 2. The molecular weight excluding hydrogens is 634 g/mol. The van der Waals surface area contributed by atoms with Crippen LogP contribution in [0, 0.1) is 11.3 Å². The molecule has 0 spiro atoms. The van der Waals surface area contributed by atoms with Gasteiger partial charge in [-0.15, -0.1) is 0 Å². The Bertz CT molecular complexity index is 2000. The molecule has 2 aliphatic rings. The zero-order chi connectivity index (χ0) is 34.3. The fourth-order valence-electron chi connectivity index (χ4n) is 6.07. The van der Waals surface area contributed by atoms with Gasteiger partial charge in [0.2, 0.25) is 0 Å². The summed E-state index contributed by atoms with van der Waals surface area (Å²) in [6.07, 6.45) is 0.859. The van der Waals surface area contributed by atoms with Gasteiger partial charge in [-0.05, 0) is 32.9 Å². The number of rotatable bonds is 5. The van der Waals surface area contributed by atoms with Crippen LogP contribution in [0.2, 0.25) is 5.02 Å². The van der Waals surface area contributed by atoms with E-state index in [1.807, 2.05) is 27.8 Å². The van der Waals surface area contributed by atoms with Gasteiger partial charge in [0.1, 0.15) is 11.7 Å². The molecule has 2 aromatic carbocycles. The van der Waals surface area contributed by atoms with Crippen molar-refractivity contribution in [3.05, 3.63) is 81.4 Å². The van der Waals surface area contributed by atoms with Crippen molar-refractivity contribution in [2.45, 2.75) is 52.3 Å². The van der Waals surface area contributed by atoms with Gasteiger partial charge in [0.15, 0.2) is 11.6 Å². The largest absolute Gasteiger partial charge is 0.444 e. The van der Waals surface area contributed by atoms with E-state index in [0.717, 1.165) is 30.0 Å². The molecular formula is C34H36ClN9O4. The number of hydrogen-bond acceptors (Lipinski definition) is 8. The summed E-state index contributed by atoms with van der Waals surface area (Å²) in [6, 6.07) is 12.4. The van der Waals surface area contributed by atoms with Gasteiger partial charge >= 0.3 is 6.09 Å². The molecule has 248 valence electrons. The van der Waals surface area contributed by atoms with E-state index in [0.29, 0.717) is 47.7 Å². The lowest BCUT2D eigenvalue weighted by Gasteiger charge is -2.29. The van der Waals surface area contributed by atoms with Crippen molar-refractivity contribution in [2.24, 2.45) is 14.1 Å². The highest BCUT2D eigenvalue weighted by molar-refractivity contribution is 6.36. The second-order valence-corrected chi connectivity index (χ2v) is 13.1. The molecule has 0 saturated heterocycles. The van der Waals surface area contributed by atoms with Crippen molar-refractivity contribution in [3.8, 4) is 17.2 Å². The Balaban J connectivity index is 1.23. The van der Waals surface area contributed by atoms with Gasteiger partial charge in [0.05, 0.1) is 39.9 Å². The average Bonchev–Trinajstić information content (AvgIpc) is 3.57. The van der Waals surface area contributed by atoms with Crippen LogP contribution in [0.1, 0.15) is 70.3 Å². The van der Waals surface area contributed by atoms with E-state index in [4.69, 9.17) is 16.3 Å². The van der Waals surface area contributed by atoms with Gasteiger partial charge in [-0.3, -0.25) is 9.59 Å². The summed E-state index contributed by atoms with van der Waals surface area (Å²) in [5.74, 6) is -0.486. The number of aromatic nitrogens is 4. The highest BCUT2D eigenvalue weighted by Crippen LogP contribution is 2.38. The fraction of sp³-hybridized carbons (Fsp3) is 0.353. The Hall–Kier alpha value is -5.19. The van der Waals surface area contributed by atoms with E-state index in [1.165, 1.54) is 0 Å². The molecule has 0 fully saturated rings. The Morgan fingerprint density at radius 3 is 2.17 bits per heavy atom. The number of carbonyl (C=O) groups excluding carboxylic acids is 3. The van der Waals surface area contributed by atoms with E-state index in [9.17, 15) is 19.6 Å². The van der Waals surface area contributed by atoms with Crippen molar-refractivity contribution >= 4 is 40.9 Å². The van der Waals surface area contributed by atoms with Crippen molar-refractivity contribution < 1.29 is 19.1 Å². The molecule has 0 bridgehead atoms. The van der Waals surface area contributed by atoms with Crippen molar-refractivity contribution in [3.63, 3.8) is 0 Å². The number of ether oxygens (including phenoxy) is 1. The quantitative estimate of drug-likeness (QED) is 0.274. The summed E-state index contributed by atoms with van der Waals surface area (Å²) in [7, 11) is 3.57. The van der Waals surface area contributed by atoms with Gasteiger partial charge < -0.3 is 34.7 Å². The van der Waals surface area contributed by atoms with Gasteiger partial charge in [-0.2, -0.15) is 5.26 Å². The molecule has 13 nitrogen and oxygen atoms in total. The smallest absolute Gasteiger partial charge is 0.410 e. The second kappa shape index (κ2) is 12.8.